The van der Waals surface area contributed by atoms with Crippen molar-refractivity contribution in [2.75, 3.05) is 18.6 Å². The van der Waals surface area contributed by atoms with Gasteiger partial charge >= 0.3 is 5.97 Å². The van der Waals surface area contributed by atoms with Crippen LogP contribution in [0.1, 0.15) is 27.0 Å². The molecule has 0 fully saturated rings. The Morgan fingerprint density at radius 2 is 1.55 bits per heavy atom. The molecule has 0 saturated carbocycles. The SMILES string of the molecule is COC(=O)CS(=O)(=O)CC(=O)c1c(C)cc(C)cc1C. The van der Waals surface area contributed by atoms with Gasteiger partial charge in [0.25, 0.3) is 0 Å². The summed E-state index contributed by atoms with van der Waals surface area (Å²) in [5.74, 6) is -2.83. The van der Waals surface area contributed by atoms with Gasteiger partial charge in [-0.05, 0) is 31.9 Å². The van der Waals surface area contributed by atoms with E-state index in [2.05, 4.69) is 4.74 Å². The van der Waals surface area contributed by atoms with Crippen molar-refractivity contribution in [3.63, 3.8) is 0 Å². The lowest BCUT2D eigenvalue weighted by atomic mass is 9.97. The third-order valence-electron chi connectivity index (χ3n) is 2.87. The van der Waals surface area contributed by atoms with Crippen molar-refractivity contribution in [2.45, 2.75) is 20.8 Å². The number of rotatable bonds is 5. The van der Waals surface area contributed by atoms with Gasteiger partial charge in [0.1, 0.15) is 11.5 Å². The number of ether oxygens (including phenoxy) is 1. The minimum absolute atomic E-state index is 0.407. The minimum Gasteiger partial charge on any atom is -0.468 e. The van der Waals surface area contributed by atoms with E-state index in [1.165, 1.54) is 0 Å². The summed E-state index contributed by atoms with van der Waals surface area (Å²) in [4.78, 5) is 23.2. The highest BCUT2D eigenvalue weighted by molar-refractivity contribution is 7.92. The molecule has 0 spiro atoms. The molecule has 0 aliphatic rings. The molecule has 110 valence electrons. The summed E-state index contributed by atoms with van der Waals surface area (Å²) in [6.45, 7) is 5.43. The zero-order chi connectivity index (χ0) is 15.5. The molecule has 0 radical (unpaired) electrons. The molecule has 1 aromatic carbocycles. The summed E-state index contributed by atoms with van der Waals surface area (Å²) in [7, 11) is -2.70. The second-order valence-electron chi connectivity index (χ2n) is 4.81. The fraction of sp³-hybridized carbons (Fsp3) is 0.429. The quantitative estimate of drug-likeness (QED) is 0.606. The van der Waals surface area contributed by atoms with E-state index >= 15 is 0 Å². The van der Waals surface area contributed by atoms with Crippen molar-refractivity contribution in [3.05, 3.63) is 34.4 Å². The Kier molecular flexibility index (Phi) is 5.05. The van der Waals surface area contributed by atoms with Crippen LogP contribution in [-0.2, 0) is 19.4 Å². The Hall–Kier alpha value is -1.69. The van der Waals surface area contributed by atoms with E-state index in [0.29, 0.717) is 5.56 Å². The molecule has 0 bridgehead atoms. The maximum atomic E-state index is 12.2. The maximum Gasteiger partial charge on any atom is 0.320 e. The summed E-state index contributed by atoms with van der Waals surface area (Å²) in [6.07, 6.45) is 0. The average Bonchev–Trinajstić information content (AvgIpc) is 2.25. The molecule has 1 aromatic rings. The van der Waals surface area contributed by atoms with E-state index in [1.807, 2.05) is 19.1 Å². The standard InChI is InChI=1S/C14H18O5S/c1-9-5-10(2)14(11(3)6-9)12(15)7-20(17,18)8-13(16)19-4/h5-6H,7-8H2,1-4H3. The molecule has 6 heteroatoms. The maximum absolute atomic E-state index is 12.2. The fourth-order valence-electron chi connectivity index (χ4n) is 2.18. The van der Waals surface area contributed by atoms with Gasteiger partial charge < -0.3 is 4.74 Å². The van der Waals surface area contributed by atoms with Crippen molar-refractivity contribution >= 4 is 21.6 Å². The lowest BCUT2D eigenvalue weighted by Gasteiger charge is -2.10. The topological polar surface area (TPSA) is 77.5 Å². The second-order valence-corrected chi connectivity index (χ2v) is 6.87. The van der Waals surface area contributed by atoms with Gasteiger partial charge in [0, 0.05) is 5.56 Å². The molecule has 0 saturated heterocycles. The van der Waals surface area contributed by atoms with E-state index in [4.69, 9.17) is 0 Å². The van der Waals surface area contributed by atoms with Crippen LogP contribution in [-0.4, -0.2) is 38.8 Å². The van der Waals surface area contributed by atoms with Crippen LogP contribution in [0.25, 0.3) is 0 Å². The van der Waals surface area contributed by atoms with Crippen molar-refractivity contribution in [1.29, 1.82) is 0 Å². The van der Waals surface area contributed by atoms with Gasteiger partial charge in [0.15, 0.2) is 15.6 Å². The fourth-order valence-corrected chi connectivity index (χ4v) is 3.30. The van der Waals surface area contributed by atoms with E-state index in [-0.39, 0.29) is 0 Å². The number of carbonyl (C=O) groups excluding carboxylic acids is 2. The smallest absolute Gasteiger partial charge is 0.320 e. The summed E-state index contributed by atoms with van der Waals surface area (Å²) >= 11 is 0. The van der Waals surface area contributed by atoms with Gasteiger partial charge in [-0.25, -0.2) is 8.42 Å². The number of Topliss-reactive ketones (excluding diaryl/α,β-unsaturated/α-hetero) is 1. The van der Waals surface area contributed by atoms with Crippen LogP contribution < -0.4 is 0 Å². The number of hydrogen-bond acceptors (Lipinski definition) is 5. The lowest BCUT2D eigenvalue weighted by molar-refractivity contribution is -0.137. The van der Waals surface area contributed by atoms with Crippen LogP contribution in [0.5, 0.6) is 0 Å². The van der Waals surface area contributed by atoms with Crippen LogP contribution in [0.2, 0.25) is 0 Å². The van der Waals surface area contributed by atoms with Gasteiger partial charge in [-0.2, -0.15) is 0 Å². The average molecular weight is 298 g/mol. The van der Waals surface area contributed by atoms with Crippen LogP contribution in [0.4, 0.5) is 0 Å². The molecule has 5 nitrogen and oxygen atoms in total. The van der Waals surface area contributed by atoms with Crippen molar-refractivity contribution in [3.8, 4) is 0 Å². The molecule has 0 aromatic heterocycles. The van der Waals surface area contributed by atoms with Crippen molar-refractivity contribution in [1.82, 2.24) is 0 Å². The van der Waals surface area contributed by atoms with Crippen LogP contribution in [0.15, 0.2) is 12.1 Å². The van der Waals surface area contributed by atoms with Crippen molar-refractivity contribution < 1.29 is 22.7 Å². The molecule has 0 aliphatic heterocycles. The van der Waals surface area contributed by atoms with E-state index in [9.17, 15) is 18.0 Å². The number of methoxy groups -OCH3 is 1. The molecule has 0 unspecified atom stereocenters. The Morgan fingerprint density at radius 3 is 2.00 bits per heavy atom. The molecular formula is C14H18O5S. The Bertz CT molecular complexity index is 621. The molecule has 0 N–H and O–H groups in total. The monoisotopic (exact) mass is 298 g/mol. The second kappa shape index (κ2) is 6.17. The summed E-state index contributed by atoms with van der Waals surface area (Å²) in [5.41, 5.74) is 2.89. The number of aryl methyl sites for hydroxylation is 3. The Labute approximate surface area is 118 Å². The summed E-state index contributed by atoms with van der Waals surface area (Å²) in [5, 5.41) is 0. The first-order chi connectivity index (χ1) is 9.16. The third-order valence-corrected chi connectivity index (χ3v) is 4.25. The van der Waals surface area contributed by atoms with Gasteiger partial charge in [0.05, 0.1) is 7.11 Å². The molecule has 0 heterocycles. The number of benzene rings is 1. The van der Waals surface area contributed by atoms with Gasteiger partial charge in [0.2, 0.25) is 0 Å². The molecule has 20 heavy (non-hydrogen) atoms. The Balaban J connectivity index is 3.01. The minimum atomic E-state index is -3.81. The summed E-state index contributed by atoms with van der Waals surface area (Å²) in [6, 6.07) is 3.65. The van der Waals surface area contributed by atoms with Crippen LogP contribution >= 0.6 is 0 Å². The molecule has 1 rings (SSSR count). The largest absolute Gasteiger partial charge is 0.468 e. The predicted octanol–water partition coefficient (Wildman–Crippen LogP) is 1.38. The highest BCUT2D eigenvalue weighted by Gasteiger charge is 2.24. The summed E-state index contributed by atoms with van der Waals surface area (Å²) < 4.78 is 27.8. The lowest BCUT2D eigenvalue weighted by Crippen LogP contribution is -2.25. The molecule has 0 atom stereocenters. The molecular weight excluding hydrogens is 280 g/mol. The number of esters is 1. The van der Waals surface area contributed by atoms with Crippen LogP contribution in [0, 0.1) is 20.8 Å². The number of ketones is 1. The predicted molar refractivity (Wildman–Crippen MR) is 75.7 cm³/mol. The first-order valence-corrected chi connectivity index (χ1v) is 7.86. The number of hydrogen-bond donors (Lipinski definition) is 0. The Morgan fingerprint density at radius 1 is 1.05 bits per heavy atom. The first-order valence-electron chi connectivity index (χ1n) is 6.04. The molecule has 0 amide bonds. The van der Waals surface area contributed by atoms with Gasteiger partial charge in [-0.15, -0.1) is 0 Å². The highest BCUT2D eigenvalue weighted by atomic mass is 32.2. The zero-order valence-corrected chi connectivity index (χ0v) is 12.8. The highest BCUT2D eigenvalue weighted by Crippen LogP contribution is 2.17. The molecule has 0 aliphatic carbocycles. The van der Waals surface area contributed by atoms with Crippen molar-refractivity contribution in [2.24, 2.45) is 0 Å². The number of carbonyl (C=O) groups is 2. The normalized spacial score (nSPS) is 11.2. The van der Waals surface area contributed by atoms with E-state index in [0.717, 1.165) is 23.8 Å². The van der Waals surface area contributed by atoms with Gasteiger partial charge in [-0.1, -0.05) is 17.7 Å². The van der Waals surface area contributed by atoms with Crippen LogP contribution in [0.3, 0.4) is 0 Å². The first kappa shape index (κ1) is 16.4. The third kappa shape index (κ3) is 4.16. The van der Waals surface area contributed by atoms with E-state index in [1.54, 1.807) is 13.8 Å². The van der Waals surface area contributed by atoms with Gasteiger partial charge in [-0.3, -0.25) is 9.59 Å². The number of sulfone groups is 1. The van der Waals surface area contributed by atoms with E-state index < -0.39 is 33.1 Å². The zero-order valence-electron chi connectivity index (χ0n) is 12.0.